The Morgan fingerprint density at radius 2 is 2.16 bits per heavy atom. The number of carbonyl (C=O) groups excluding carboxylic acids is 1. The number of nitrogen functional groups attached to an aromatic ring is 1. The average Bonchev–Trinajstić information content (AvgIpc) is 2.36. The maximum atomic E-state index is 12.5. The van der Waals surface area contributed by atoms with Crippen LogP contribution < -0.4 is 15.4 Å². The molecular formula is C14H17N3O2. The summed E-state index contributed by atoms with van der Waals surface area (Å²) in [6, 6.07) is 5.39. The molecule has 0 radical (unpaired) electrons. The summed E-state index contributed by atoms with van der Waals surface area (Å²) >= 11 is 0. The van der Waals surface area contributed by atoms with Crippen molar-refractivity contribution in [2.75, 3.05) is 23.8 Å². The highest BCUT2D eigenvalue weighted by atomic mass is 16.5. The first-order valence-corrected chi connectivity index (χ1v) is 6.13. The lowest BCUT2D eigenvalue weighted by Crippen LogP contribution is -2.44. The van der Waals surface area contributed by atoms with Gasteiger partial charge in [0.1, 0.15) is 29.7 Å². The van der Waals surface area contributed by atoms with Crippen molar-refractivity contribution >= 4 is 17.3 Å². The summed E-state index contributed by atoms with van der Waals surface area (Å²) in [5.41, 5.74) is 6.44. The predicted molar refractivity (Wildman–Crippen MR) is 72.9 cm³/mol. The van der Waals surface area contributed by atoms with E-state index in [-0.39, 0.29) is 5.91 Å². The lowest BCUT2D eigenvalue weighted by atomic mass is 9.93. The minimum Gasteiger partial charge on any atom is -0.489 e. The zero-order valence-electron chi connectivity index (χ0n) is 11.4. The molecule has 1 aromatic carbocycles. The summed E-state index contributed by atoms with van der Waals surface area (Å²) in [5.74, 6) is 0.494. The minimum atomic E-state index is -0.522. The molecule has 0 bridgehead atoms. The third-order valence-electron chi connectivity index (χ3n) is 3.01. The first kappa shape index (κ1) is 13.2. The van der Waals surface area contributed by atoms with E-state index >= 15 is 0 Å². The van der Waals surface area contributed by atoms with Gasteiger partial charge in [0, 0.05) is 5.41 Å². The Morgan fingerprint density at radius 1 is 1.47 bits per heavy atom. The second-order valence-electron chi connectivity index (χ2n) is 5.54. The van der Waals surface area contributed by atoms with Gasteiger partial charge >= 0.3 is 0 Å². The quantitative estimate of drug-likeness (QED) is 0.722. The van der Waals surface area contributed by atoms with Crippen molar-refractivity contribution < 1.29 is 9.53 Å². The molecular weight excluding hydrogens is 242 g/mol. The van der Waals surface area contributed by atoms with E-state index in [1.54, 1.807) is 17.0 Å². The molecule has 1 heterocycles. The summed E-state index contributed by atoms with van der Waals surface area (Å²) in [4.78, 5) is 14.1. The third-order valence-corrected chi connectivity index (χ3v) is 3.01. The number of benzene rings is 1. The predicted octanol–water partition coefficient (Wildman–Crippen LogP) is 1.91. The number of fused-ring (bicyclic) bond motifs is 1. The Morgan fingerprint density at radius 3 is 2.74 bits per heavy atom. The summed E-state index contributed by atoms with van der Waals surface area (Å²) in [6.45, 7) is 6.40. The van der Waals surface area contributed by atoms with Gasteiger partial charge in [-0.05, 0) is 12.1 Å². The van der Waals surface area contributed by atoms with Crippen LogP contribution in [0.15, 0.2) is 12.1 Å². The smallest absolute Gasteiger partial charge is 0.232 e. The summed E-state index contributed by atoms with van der Waals surface area (Å²) < 4.78 is 5.51. The molecule has 1 aliphatic rings. The van der Waals surface area contributed by atoms with Crippen LogP contribution in [0, 0.1) is 16.7 Å². The van der Waals surface area contributed by atoms with Crippen molar-refractivity contribution in [2.45, 2.75) is 20.8 Å². The lowest BCUT2D eigenvalue weighted by Gasteiger charge is -2.34. The maximum Gasteiger partial charge on any atom is 0.232 e. The molecule has 1 aromatic rings. The molecule has 0 aromatic heterocycles. The van der Waals surface area contributed by atoms with Crippen LogP contribution in [0.5, 0.6) is 5.75 Å². The average molecular weight is 259 g/mol. The molecule has 0 saturated heterocycles. The van der Waals surface area contributed by atoms with E-state index < -0.39 is 5.41 Å². The molecule has 1 amide bonds. The minimum absolute atomic E-state index is 0.0425. The van der Waals surface area contributed by atoms with E-state index in [1.165, 1.54) is 0 Å². The van der Waals surface area contributed by atoms with Gasteiger partial charge in [0.2, 0.25) is 5.91 Å². The molecule has 2 rings (SSSR count). The van der Waals surface area contributed by atoms with Gasteiger partial charge in [0.25, 0.3) is 0 Å². The van der Waals surface area contributed by atoms with Crippen molar-refractivity contribution in [1.29, 1.82) is 5.26 Å². The second-order valence-corrected chi connectivity index (χ2v) is 5.54. The number of nitrogens with zero attached hydrogens (tertiary/aromatic N) is 2. The number of anilines is 2. The molecule has 100 valence electrons. The molecule has 5 heteroatoms. The van der Waals surface area contributed by atoms with Gasteiger partial charge in [0.15, 0.2) is 0 Å². The molecule has 2 N–H and O–H groups in total. The van der Waals surface area contributed by atoms with Crippen LogP contribution in [0.1, 0.15) is 26.3 Å². The molecule has 0 atom stereocenters. The van der Waals surface area contributed by atoms with Crippen molar-refractivity contribution in [3.8, 4) is 11.8 Å². The van der Waals surface area contributed by atoms with E-state index in [0.717, 1.165) is 0 Å². The first-order chi connectivity index (χ1) is 8.86. The molecule has 19 heavy (non-hydrogen) atoms. The zero-order chi connectivity index (χ0) is 14.2. The van der Waals surface area contributed by atoms with E-state index in [1.807, 2.05) is 20.8 Å². The molecule has 0 aliphatic carbocycles. The van der Waals surface area contributed by atoms with E-state index in [2.05, 4.69) is 6.07 Å². The van der Waals surface area contributed by atoms with E-state index in [4.69, 9.17) is 10.5 Å². The standard InChI is InChI=1S/C14H17N3O2/c1-14(2,3)13(18)17-6-7-19-11-5-4-10(16)9(8-15)12(11)17/h4-5H,6-7,16H2,1-3H3. The van der Waals surface area contributed by atoms with Gasteiger partial charge in [-0.3, -0.25) is 4.79 Å². The van der Waals surface area contributed by atoms with Crippen LogP contribution in [-0.4, -0.2) is 19.1 Å². The van der Waals surface area contributed by atoms with Crippen LogP contribution in [-0.2, 0) is 4.79 Å². The fourth-order valence-electron chi connectivity index (χ4n) is 2.06. The van der Waals surface area contributed by atoms with Crippen LogP contribution in [0.3, 0.4) is 0 Å². The van der Waals surface area contributed by atoms with Crippen LogP contribution in [0.2, 0.25) is 0 Å². The van der Waals surface area contributed by atoms with Gasteiger partial charge in [-0.2, -0.15) is 5.26 Å². The zero-order valence-corrected chi connectivity index (χ0v) is 11.4. The number of nitrogens with two attached hydrogens (primary N) is 1. The highest BCUT2D eigenvalue weighted by molar-refractivity contribution is 6.00. The molecule has 0 unspecified atom stereocenters. The van der Waals surface area contributed by atoms with Crippen LogP contribution in [0.25, 0.3) is 0 Å². The van der Waals surface area contributed by atoms with Crippen molar-refractivity contribution in [3.05, 3.63) is 17.7 Å². The summed E-state index contributed by atoms with van der Waals surface area (Å²) in [6.07, 6.45) is 0. The van der Waals surface area contributed by atoms with E-state index in [0.29, 0.717) is 35.8 Å². The Bertz CT molecular complexity index is 567. The number of hydrogen-bond acceptors (Lipinski definition) is 4. The number of ether oxygens (including phenoxy) is 1. The van der Waals surface area contributed by atoms with Gasteiger partial charge < -0.3 is 15.4 Å². The van der Waals surface area contributed by atoms with Gasteiger partial charge in [-0.15, -0.1) is 0 Å². The lowest BCUT2D eigenvalue weighted by molar-refractivity contribution is -0.126. The largest absolute Gasteiger partial charge is 0.489 e. The normalized spacial score (nSPS) is 14.3. The maximum absolute atomic E-state index is 12.5. The second kappa shape index (κ2) is 4.47. The topological polar surface area (TPSA) is 79.3 Å². The fraction of sp³-hybridized carbons (Fsp3) is 0.429. The fourth-order valence-corrected chi connectivity index (χ4v) is 2.06. The SMILES string of the molecule is CC(C)(C)C(=O)N1CCOc2ccc(N)c(C#N)c21. The van der Waals surface area contributed by atoms with Gasteiger partial charge in [-0.1, -0.05) is 20.8 Å². The summed E-state index contributed by atoms with van der Waals surface area (Å²) in [7, 11) is 0. The third kappa shape index (κ3) is 2.22. The number of nitriles is 1. The number of amides is 1. The molecule has 0 saturated carbocycles. The molecule has 1 aliphatic heterocycles. The number of rotatable bonds is 0. The monoisotopic (exact) mass is 259 g/mol. The Hall–Kier alpha value is -2.22. The van der Waals surface area contributed by atoms with Gasteiger partial charge in [-0.25, -0.2) is 0 Å². The van der Waals surface area contributed by atoms with E-state index in [9.17, 15) is 10.1 Å². The Balaban J connectivity index is 2.59. The number of carbonyl (C=O) groups is 1. The van der Waals surface area contributed by atoms with Crippen molar-refractivity contribution in [3.63, 3.8) is 0 Å². The molecule has 5 nitrogen and oxygen atoms in total. The van der Waals surface area contributed by atoms with Crippen molar-refractivity contribution in [1.82, 2.24) is 0 Å². The molecule has 0 fully saturated rings. The van der Waals surface area contributed by atoms with Crippen LogP contribution in [0.4, 0.5) is 11.4 Å². The molecule has 0 spiro atoms. The Labute approximate surface area is 112 Å². The van der Waals surface area contributed by atoms with Gasteiger partial charge in [0.05, 0.1) is 12.2 Å². The van der Waals surface area contributed by atoms with Crippen LogP contribution >= 0.6 is 0 Å². The number of hydrogen-bond donors (Lipinski definition) is 1. The first-order valence-electron chi connectivity index (χ1n) is 6.13. The highest BCUT2D eigenvalue weighted by Gasteiger charge is 2.34. The van der Waals surface area contributed by atoms with Crippen molar-refractivity contribution in [2.24, 2.45) is 5.41 Å². The highest BCUT2D eigenvalue weighted by Crippen LogP contribution is 2.39. The Kier molecular flexibility index (Phi) is 3.11. The summed E-state index contributed by atoms with van der Waals surface area (Å²) in [5, 5.41) is 9.25.